The van der Waals surface area contributed by atoms with E-state index in [0.717, 1.165) is 37.1 Å². The van der Waals surface area contributed by atoms with Crippen molar-refractivity contribution in [3.05, 3.63) is 41.1 Å². The zero-order valence-corrected chi connectivity index (χ0v) is 17.8. The van der Waals surface area contributed by atoms with Crippen molar-refractivity contribution in [2.75, 3.05) is 23.4 Å². The van der Waals surface area contributed by atoms with E-state index in [1.807, 2.05) is 6.07 Å². The van der Waals surface area contributed by atoms with E-state index in [9.17, 15) is 4.79 Å². The molecule has 3 rings (SSSR count). The van der Waals surface area contributed by atoms with E-state index in [-0.39, 0.29) is 12.1 Å². The predicted octanol–water partition coefficient (Wildman–Crippen LogP) is 5.22. The van der Waals surface area contributed by atoms with E-state index in [2.05, 4.69) is 68.4 Å². The van der Waals surface area contributed by atoms with Crippen LogP contribution in [0.15, 0.2) is 30.0 Å². The SMILES string of the molecule is C/C=C1\C/C(=C\C)N(C(C)C)c2ccc(NC(=O)NCC3CCCO3)c(C)c21. The maximum atomic E-state index is 12.4. The minimum Gasteiger partial charge on any atom is -0.376 e. The quantitative estimate of drug-likeness (QED) is 0.749. The predicted molar refractivity (Wildman–Crippen MR) is 117 cm³/mol. The number of anilines is 2. The second kappa shape index (κ2) is 8.82. The largest absolute Gasteiger partial charge is 0.376 e. The van der Waals surface area contributed by atoms with Crippen LogP contribution in [0.4, 0.5) is 16.2 Å². The minimum absolute atomic E-state index is 0.142. The van der Waals surface area contributed by atoms with Gasteiger partial charge in [0.25, 0.3) is 0 Å². The lowest BCUT2D eigenvalue weighted by Gasteiger charge is -2.39. The number of allylic oxidation sites excluding steroid dienone is 3. The summed E-state index contributed by atoms with van der Waals surface area (Å²) in [5, 5.41) is 5.97. The zero-order chi connectivity index (χ0) is 20.3. The molecule has 2 N–H and O–H groups in total. The molecule has 2 aliphatic heterocycles. The van der Waals surface area contributed by atoms with Crippen LogP contribution in [0, 0.1) is 6.92 Å². The Balaban J connectivity index is 1.85. The minimum atomic E-state index is -0.175. The lowest BCUT2D eigenvalue weighted by Crippen LogP contribution is -2.36. The highest BCUT2D eigenvalue weighted by Gasteiger charge is 2.28. The number of rotatable bonds is 4. The zero-order valence-electron chi connectivity index (χ0n) is 17.8. The van der Waals surface area contributed by atoms with Crippen LogP contribution >= 0.6 is 0 Å². The summed E-state index contributed by atoms with van der Waals surface area (Å²) in [6, 6.07) is 4.34. The summed E-state index contributed by atoms with van der Waals surface area (Å²) in [6.45, 7) is 12.1. The fourth-order valence-electron chi connectivity index (χ4n) is 4.24. The third-order valence-corrected chi connectivity index (χ3v) is 5.67. The number of nitrogens with zero attached hydrogens (tertiary/aromatic N) is 1. The number of fused-ring (bicyclic) bond motifs is 1. The van der Waals surface area contributed by atoms with Gasteiger partial charge < -0.3 is 20.3 Å². The molecule has 2 aliphatic rings. The smallest absolute Gasteiger partial charge is 0.319 e. The number of carbonyl (C=O) groups excluding carboxylic acids is 1. The number of carbonyl (C=O) groups is 1. The van der Waals surface area contributed by atoms with Gasteiger partial charge in [0.2, 0.25) is 0 Å². The van der Waals surface area contributed by atoms with Crippen molar-refractivity contribution in [1.82, 2.24) is 5.32 Å². The Hall–Kier alpha value is -2.27. The molecular weight excluding hydrogens is 350 g/mol. The molecule has 5 nitrogen and oxygen atoms in total. The van der Waals surface area contributed by atoms with E-state index in [1.165, 1.54) is 22.5 Å². The normalized spacial score (nSPS) is 22.1. The summed E-state index contributed by atoms with van der Waals surface area (Å²) in [4.78, 5) is 14.8. The summed E-state index contributed by atoms with van der Waals surface area (Å²) in [6.07, 6.45) is 7.53. The molecule has 0 radical (unpaired) electrons. The topological polar surface area (TPSA) is 53.6 Å². The van der Waals surface area contributed by atoms with E-state index < -0.39 is 0 Å². The summed E-state index contributed by atoms with van der Waals surface area (Å²) < 4.78 is 5.57. The molecule has 5 heteroatoms. The van der Waals surface area contributed by atoms with Gasteiger partial charge in [-0.15, -0.1) is 0 Å². The molecule has 0 saturated carbocycles. The molecule has 1 saturated heterocycles. The highest BCUT2D eigenvalue weighted by Crippen LogP contribution is 2.44. The van der Waals surface area contributed by atoms with Gasteiger partial charge in [-0.3, -0.25) is 0 Å². The standard InChI is InChI=1S/C23H33N3O2/c1-6-17-13-18(7-2)26(15(3)4)21-11-10-20(16(5)22(17)21)25-23(27)24-14-19-9-8-12-28-19/h6-7,10-11,15,19H,8-9,12-14H2,1-5H3,(H2,24,25,27)/b17-6+,18-7+. The molecule has 2 amide bonds. The molecule has 0 spiro atoms. The van der Waals surface area contributed by atoms with Gasteiger partial charge in [-0.2, -0.15) is 0 Å². The van der Waals surface area contributed by atoms with Crippen LogP contribution in [-0.4, -0.2) is 31.3 Å². The summed E-state index contributed by atoms with van der Waals surface area (Å²) in [7, 11) is 0. The van der Waals surface area contributed by atoms with Crippen molar-refractivity contribution in [2.24, 2.45) is 0 Å². The summed E-state index contributed by atoms with van der Waals surface area (Å²) in [5.41, 5.74) is 7.05. The number of nitrogens with one attached hydrogen (secondary N) is 2. The lowest BCUT2D eigenvalue weighted by molar-refractivity contribution is 0.112. The number of hydrogen-bond donors (Lipinski definition) is 2. The van der Waals surface area contributed by atoms with Crippen LogP contribution in [0.5, 0.6) is 0 Å². The van der Waals surface area contributed by atoms with Crippen molar-refractivity contribution in [2.45, 2.75) is 66.0 Å². The molecule has 1 atom stereocenters. The fourth-order valence-corrected chi connectivity index (χ4v) is 4.24. The van der Waals surface area contributed by atoms with Crippen LogP contribution in [0.2, 0.25) is 0 Å². The number of hydrogen-bond acceptors (Lipinski definition) is 3. The maximum absolute atomic E-state index is 12.4. The van der Waals surface area contributed by atoms with Crippen molar-refractivity contribution in [1.29, 1.82) is 0 Å². The number of urea groups is 1. The molecule has 0 aromatic heterocycles. The Labute approximate surface area is 168 Å². The first-order chi connectivity index (χ1) is 13.5. The van der Waals surface area contributed by atoms with Gasteiger partial charge in [-0.1, -0.05) is 12.2 Å². The van der Waals surface area contributed by atoms with Crippen LogP contribution in [0.1, 0.15) is 58.1 Å². The second-order valence-corrected chi connectivity index (χ2v) is 7.84. The van der Waals surface area contributed by atoms with E-state index in [1.54, 1.807) is 0 Å². The lowest BCUT2D eigenvalue weighted by atomic mass is 9.88. The monoisotopic (exact) mass is 383 g/mol. The van der Waals surface area contributed by atoms with Crippen molar-refractivity contribution < 1.29 is 9.53 Å². The molecule has 1 aromatic rings. The second-order valence-electron chi connectivity index (χ2n) is 7.84. The molecule has 0 aliphatic carbocycles. The number of benzene rings is 1. The molecule has 1 aromatic carbocycles. The molecule has 1 unspecified atom stereocenters. The Morgan fingerprint density at radius 2 is 2.11 bits per heavy atom. The van der Waals surface area contributed by atoms with Crippen molar-refractivity contribution >= 4 is 23.0 Å². The highest BCUT2D eigenvalue weighted by atomic mass is 16.5. The Kier molecular flexibility index (Phi) is 6.45. The van der Waals surface area contributed by atoms with Gasteiger partial charge in [-0.25, -0.2) is 4.79 Å². The third-order valence-electron chi connectivity index (χ3n) is 5.67. The molecule has 2 heterocycles. The first kappa shape index (κ1) is 20.5. The Morgan fingerprint density at radius 1 is 1.32 bits per heavy atom. The van der Waals surface area contributed by atoms with Crippen LogP contribution in [0.25, 0.3) is 5.57 Å². The van der Waals surface area contributed by atoms with Gasteiger partial charge >= 0.3 is 6.03 Å². The average molecular weight is 384 g/mol. The Morgan fingerprint density at radius 3 is 2.71 bits per heavy atom. The van der Waals surface area contributed by atoms with Gasteiger partial charge in [0, 0.05) is 48.2 Å². The first-order valence-electron chi connectivity index (χ1n) is 10.4. The van der Waals surface area contributed by atoms with Gasteiger partial charge in [0.15, 0.2) is 0 Å². The maximum Gasteiger partial charge on any atom is 0.319 e. The van der Waals surface area contributed by atoms with Crippen molar-refractivity contribution in [3.8, 4) is 0 Å². The summed E-state index contributed by atoms with van der Waals surface area (Å²) >= 11 is 0. The highest BCUT2D eigenvalue weighted by molar-refractivity contribution is 5.94. The molecular formula is C23H33N3O2. The van der Waals surface area contributed by atoms with E-state index in [4.69, 9.17) is 4.74 Å². The number of ether oxygens (including phenoxy) is 1. The number of amides is 2. The third kappa shape index (κ3) is 4.09. The van der Waals surface area contributed by atoms with Gasteiger partial charge in [0.1, 0.15) is 0 Å². The van der Waals surface area contributed by atoms with Crippen LogP contribution in [-0.2, 0) is 4.74 Å². The first-order valence-corrected chi connectivity index (χ1v) is 10.4. The van der Waals surface area contributed by atoms with Crippen LogP contribution < -0.4 is 15.5 Å². The Bertz CT molecular complexity index is 789. The molecule has 0 bridgehead atoms. The molecule has 1 fully saturated rings. The molecule has 28 heavy (non-hydrogen) atoms. The summed E-state index contributed by atoms with van der Waals surface area (Å²) in [5.74, 6) is 0. The average Bonchev–Trinajstić information content (AvgIpc) is 3.20. The van der Waals surface area contributed by atoms with E-state index >= 15 is 0 Å². The fraction of sp³-hybridized carbons (Fsp3) is 0.522. The van der Waals surface area contributed by atoms with Crippen molar-refractivity contribution in [3.63, 3.8) is 0 Å². The van der Waals surface area contributed by atoms with Gasteiger partial charge in [0.05, 0.1) is 6.10 Å². The van der Waals surface area contributed by atoms with Crippen LogP contribution in [0.3, 0.4) is 0 Å². The van der Waals surface area contributed by atoms with Gasteiger partial charge in [-0.05, 0) is 70.7 Å². The molecule has 152 valence electrons. The van der Waals surface area contributed by atoms with E-state index in [0.29, 0.717) is 12.6 Å².